The Morgan fingerprint density at radius 3 is 1.26 bits per heavy atom. The summed E-state index contributed by atoms with van der Waals surface area (Å²) in [5.41, 5.74) is 0. The Balaban J connectivity index is 1.37. The summed E-state index contributed by atoms with van der Waals surface area (Å²) < 4.78 is 0. The molecular formula is C22H39Br. The van der Waals surface area contributed by atoms with Crippen LogP contribution < -0.4 is 0 Å². The summed E-state index contributed by atoms with van der Waals surface area (Å²) in [4.78, 5) is 0. The molecule has 1 heteroatoms. The van der Waals surface area contributed by atoms with E-state index in [-0.39, 0.29) is 0 Å². The van der Waals surface area contributed by atoms with Crippen molar-refractivity contribution in [1.82, 2.24) is 0 Å². The van der Waals surface area contributed by atoms with Gasteiger partial charge in [0, 0.05) is 5.33 Å². The van der Waals surface area contributed by atoms with Gasteiger partial charge in [0.1, 0.15) is 0 Å². The standard InChI is InChI=1S/C22H39Br/c1-2-3-17-4-8-19(9-5-17)21-12-14-22(15-13-21)20-10-6-18(16-23)7-11-20/h17-22H,2-16H2,1H3. The zero-order chi connectivity index (χ0) is 16.1. The first-order valence-corrected chi connectivity index (χ1v) is 12.0. The molecule has 23 heavy (non-hydrogen) atoms. The molecular weight excluding hydrogens is 344 g/mol. The van der Waals surface area contributed by atoms with Crippen LogP contribution in [0.25, 0.3) is 0 Å². The molecule has 0 atom stereocenters. The van der Waals surface area contributed by atoms with Crippen molar-refractivity contribution in [3.8, 4) is 0 Å². The lowest BCUT2D eigenvalue weighted by molar-refractivity contribution is 0.105. The van der Waals surface area contributed by atoms with Gasteiger partial charge >= 0.3 is 0 Å². The second kappa shape index (κ2) is 9.25. The molecule has 0 aromatic carbocycles. The maximum Gasteiger partial charge on any atom is 0.00596 e. The fourth-order valence-electron chi connectivity index (χ4n) is 6.26. The molecule has 0 aliphatic heterocycles. The quantitative estimate of drug-likeness (QED) is 0.429. The van der Waals surface area contributed by atoms with E-state index in [4.69, 9.17) is 0 Å². The van der Waals surface area contributed by atoms with E-state index in [1.54, 1.807) is 51.4 Å². The minimum Gasteiger partial charge on any atom is -0.0925 e. The Morgan fingerprint density at radius 1 is 0.565 bits per heavy atom. The summed E-state index contributed by atoms with van der Waals surface area (Å²) in [5, 5.41) is 1.24. The number of alkyl halides is 1. The second-order valence-corrected chi connectivity index (χ2v) is 9.83. The van der Waals surface area contributed by atoms with E-state index in [2.05, 4.69) is 22.9 Å². The van der Waals surface area contributed by atoms with Crippen LogP contribution in [0.5, 0.6) is 0 Å². The van der Waals surface area contributed by atoms with Gasteiger partial charge in [-0.25, -0.2) is 0 Å². The summed E-state index contributed by atoms with van der Waals surface area (Å²) in [5.74, 6) is 6.46. The third-order valence-corrected chi connectivity index (χ3v) is 8.76. The van der Waals surface area contributed by atoms with Crippen LogP contribution in [0.4, 0.5) is 0 Å². The molecule has 134 valence electrons. The maximum absolute atomic E-state index is 3.69. The molecule has 3 saturated carbocycles. The molecule has 3 rings (SSSR count). The molecule has 0 amide bonds. The van der Waals surface area contributed by atoms with E-state index in [0.29, 0.717) is 0 Å². The van der Waals surface area contributed by atoms with E-state index >= 15 is 0 Å². The first-order chi connectivity index (χ1) is 11.3. The fourth-order valence-corrected chi connectivity index (χ4v) is 6.91. The monoisotopic (exact) mass is 382 g/mol. The van der Waals surface area contributed by atoms with Gasteiger partial charge in [-0.15, -0.1) is 0 Å². The van der Waals surface area contributed by atoms with Gasteiger partial charge in [-0.1, -0.05) is 48.5 Å². The van der Waals surface area contributed by atoms with E-state index in [1.807, 2.05) is 0 Å². The topological polar surface area (TPSA) is 0 Å². The van der Waals surface area contributed by atoms with Crippen molar-refractivity contribution in [2.24, 2.45) is 35.5 Å². The number of hydrogen-bond acceptors (Lipinski definition) is 0. The van der Waals surface area contributed by atoms with Crippen LogP contribution in [-0.2, 0) is 0 Å². The van der Waals surface area contributed by atoms with Crippen molar-refractivity contribution in [3.05, 3.63) is 0 Å². The minimum absolute atomic E-state index is 0.987. The van der Waals surface area contributed by atoms with E-state index in [0.717, 1.165) is 35.5 Å². The first-order valence-electron chi connectivity index (χ1n) is 10.9. The van der Waals surface area contributed by atoms with Crippen molar-refractivity contribution in [1.29, 1.82) is 0 Å². The molecule has 0 spiro atoms. The highest BCUT2D eigenvalue weighted by Crippen LogP contribution is 2.46. The zero-order valence-electron chi connectivity index (χ0n) is 15.4. The Hall–Kier alpha value is 0.480. The molecule has 0 unspecified atom stereocenters. The normalized spacial score (nSPS) is 42.5. The van der Waals surface area contributed by atoms with Crippen molar-refractivity contribution in [3.63, 3.8) is 0 Å². The summed E-state index contributed by atoms with van der Waals surface area (Å²) in [6.07, 6.45) is 21.5. The fraction of sp³-hybridized carbons (Fsp3) is 1.00. The minimum atomic E-state index is 0.987. The molecule has 0 radical (unpaired) electrons. The van der Waals surface area contributed by atoms with Gasteiger partial charge in [0.25, 0.3) is 0 Å². The predicted octanol–water partition coefficient (Wildman–Crippen LogP) is 7.60. The highest BCUT2D eigenvalue weighted by atomic mass is 79.9. The molecule has 3 aliphatic rings. The van der Waals surface area contributed by atoms with Gasteiger partial charge in [-0.3, -0.25) is 0 Å². The lowest BCUT2D eigenvalue weighted by Gasteiger charge is -2.41. The van der Waals surface area contributed by atoms with Gasteiger partial charge in [-0.2, -0.15) is 0 Å². The molecule has 0 saturated heterocycles. The molecule has 0 aromatic rings. The van der Waals surface area contributed by atoms with Crippen molar-refractivity contribution in [2.75, 3.05) is 5.33 Å². The van der Waals surface area contributed by atoms with Crippen LogP contribution in [0.1, 0.15) is 96.8 Å². The molecule has 3 aliphatic carbocycles. The van der Waals surface area contributed by atoms with E-state index < -0.39 is 0 Å². The lowest BCUT2D eigenvalue weighted by atomic mass is 9.65. The van der Waals surface area contributed by atoms with Crippen molar-refractivity contribution in [2.45, 2.75) is 96.8 Å². The van der Waals surface area contributed by atoms with Crippen LogP contribution in [0, 0.1) is 35.5 Å². The van der Waals surface area contributed by atoms with Gasteiger partial charge < -0.3 is 0 Å². The predicted molar refractivity (Wildman–Crippen MR) is 105 cm³/mol. The maximum atomic E-state index is 3.69. The average molecular weight is 383 g/mol. The van der Waals surface area contributed by atoms with Crippen LogP contribution in [0.15, 0.2) is 0 Å². The van der Waals surface area contributed by atoms with Crippen LogP contribution in [-0.4, -0.2) is 5.33 Å². The Bertz CT molecular complexity index is 315. The van der Waals surface area contributed by atoms with Gasteiger partial charge in [0.05, 0.1) is 0 Å². The molecule has 0 aromatic heterocycles. The summed E-state index contributed by atoms with van der Waals surface area (Å²) >= 11 is 3.69. The number of hydrogen-bond donors (Lipinski definition) is 0. The SMILES string of the molecule is CCCC1CCC(C2CCC(C3CCC(CBr)CC3)CC2)CC1. The molecule has 0 heterocycles. The molecule has 0 nitrogen and oxygen atoms in total. The highest BCUT2D eigenvalue weighted by molar-refractivity contribution is 9.09. The van der Waals surface area contributed by atoms with Gasteiger partial charge in [0.2, 0.25) is 0 Å². The van der Waals surface area contributed by atoms with Gasteiger partial charge in [-0.05, 0) is 99.7 Å². The average Bonchev–Trinajstić information content (AvgIpc) is 2.63. The van der Waals surface area contributed by atoms with Crippen LogP contribution in [0.2, 0.25) is 0 Å². The Labute approximate surface area is 153 Å². The second-order valence-electron chi connectivity index (χ2n) is 9.18. The molecule has 0 bridgehead atoms. The Morgan fingerprint density at radius 2 is 0.913 bits per heavy atom. The largest absolute Gasteiger partial charge is 0.0925 e. The van der Waals surface area contributed by atoms with E-state index in [1.165, 1.54) is 43.9 Å². The van der Waals surface area contributed by atoms with E-state index in [9.17, 15) is 0 Å². The lowest BCUT2D eigenvalue weighted by Crippen LogP contribution is -2.30. The van der Waals surface area contributed by atoms with Crippen molar-refractivity contribution < 1.29 is 0 Å². The molecule has 0 N–H and O–H groups in total. The van der Waals surface area contributed by atoms with Crippen LogP contribution >= 0.6 is 15.9 Å². The molecule has 3 fully saturated rings. The summed E-state index contributed by atoms with van der Waals surface area (Å²) in [7, 11) is 0. The zero-order valence-corrected chi connectivity index (χ0v) is 17.0. The third kappa shape index (κ3) is 4.99. The number of rotatable bonds is 5. The number of halogens is 1. The van der Waals surface area contributed by atoms with Crippen LogP contribution in [0.3, 0.4) is 0 Å². The Kier molecular flexibility index (Phi) is 7.35. The summed E-state index contributed by atoms with van der Waals surface area (Å²) in [6, 6.07) is 0. The van der Waals surface area contributed by atoms with Gasteiger partial charge in [0.15, 0.2) is 0 Å². The first kappa shape index (κ1) is 18.3. The van der Waals surface area contributed by atoms with Crippen molar-refractivity contribution >= 4 is 15.9 Å². The third-order valence-electron chi connectivity index (χ3n) is 7.85. The summed E-state index contributed by atoms with van der Waals surface area (Å²) in [6.45, 7) is 2.36. The smallest absolute Gasteiger partial charge is 0.00596 e. The highest BCUT2D eigenvalue weighted by Gasteiger charge is 2.34.